The van der Waals surface area contributed by atoms with E-state index in [9.17, 15) is 18.1 Å². The van der Waals surface area contributed by atoms with Gasteiger partial charge in [0.15, 0.2) is 5.65 Å². The molecule has 2 saturated carbocycles. The molecule has 0 aliphatic heterocycles. The third kappa shape index (κ3) is 7.32. The zero-order valence-corrected chi connectivity index (χ0v) is 23.3. The van der Waals surface area contributed by atoms with Crippen molar-refractivity contribution < 1.29 is 22.9 Å². The number of hydrogen-bond donors (Lipinski definition) is 2. The van der Waals surface area contributed by atoms with E-state index in [1.807, 2.05) is 26.8 Å². The molecular formula is C26H39F2N5O3S. The van der Waals surface area contributed by atoms with Gasteiger partial charge in [0.2, 0.25) is 5.92 Å². The van der Waals surface area contributed by atoms with Crippen LogP contribution in [0, 0.1) is 11.8 Å². The second-order valence-electron chi connectivity index (χ2n) is 12.4. The third-order valence-corrected chi connectivity index (χ3v) is 8.41. The number of alkyl halides is 2. The van der Waals surface area contributed by atoms with E-state index in [1.54, 1.807) is 37.7 Å². The van der Waals surface area contributed by atoms with Gasteiger partial charge in [0, 0.05) is 24.2 Å². The fraction of sp³-hybridized carbons (Fsp3) is 0.731. The van der Waals surface area contributed by atoms with Crippen molar-refractivity contribution in [3.8, 4) is 0 Å². The van der Waals surface area contributed by atoms with Gasteiger partial charge in [0.25, 0.3) is 0 Å². The van der Waals surface area contributed by atoms with Crippen LogP contribution in [0.15, 0.2) is 18.5 Å². The van der Waals surface area contributed by atoms with Gasteiger partial charge in [0.1, 0.15) is 10.3 Å². The van der Waals surface area contributed by atoms with Crippen LogP contribution in [0.1, 0.15) is 103 Å². The van der Waals surface area contributed by atoms with Crippen molar-refractivity contribution in [3.05, 3.63) is 29.7 Å². The number of ether oxygens (including phenoxy) is 1. The lowest BCUT2D eigenvalue weighted by atomic mass is 9.81. The highest BCUT2D eigenvalue weighted by atomic mass is 32.2. The second-order valence-corrected chi connectivity index (χ2v) is 14.4. The van der Waals surface area contributed by atoms with Gasteiger partial charge in [-0.15, -0.1) is 4.72 Å². The molecule has 11 heteroatoms. The molecule has 0 spiro atoms. The van der Waals surface area contributed by atoms with E-state index in [0.29, 0.717) is 17.3 Å². The number of nitrogens with zero attached hydrogens (tertiary/aromatic N) is 3. The Morgan fingerprint density at radius 1 is 1.14 bits per heavy atom. The minimum atomic E-state index is -2.68. The van der Waals surface area contributed by atoms with Crippen molar-refractivity contribution in [2.24, 2.45) is 11.8 Å². The van der Waals surface area contributed by atoms with Crippen molar-refractivity contribution in [1.29, 1.82) is 0 Å². The summed E-state index contributed by atoms with van der Waals surface area (Å²) in [6.45, 7) is 11.1. The van der Waals surface area contributed by atoms with Crippen LogP contribution in [0.3, 0.4) is 0 Å². The average Bonchev–Trinajstić information content (AvgIpc) is 3.51. The van der Waals surface area contributed by atoms with E-state index >= 15 is 0 Å². The topological polar surface area (TPSA) is 104 Å². The van der Waals surface area contributed by atoms with Crippen LogP contribution in [-0.4, -0.2) is 41.5 Å². The number of hydrogen-bond acceptors (Lipinski definition) is 6. The Balaban J connectivity index is 1.61. The van der Waals surface area contributed by atoms with Crippen LogP contribution in [0.5, 0.6) is 0 Å². The number of carbonyl (C=O) groups excluding carboxylic acids is 1. The van der Waals surface area contributed by atoms with Crippen LogP contribution >= 0.6 is 0 Å². The van der Waals surface area contributed by atoms with E-state index in [4.69, 9.17) is 9.72 Å². The first-order valence-corrected chi connectivity index (χ1v) is 14.2. The first-order chi connectivity index (χ1) is 17.1. The number of rotatable bonds is 7. The van der Waals surface area contributed by atoms with Gasteiger partial charge >= 0.3 is 6.09 Å². The zero-order valence-electron chi connectivity index (χ0n) is 22.5. The van der Waals surface area contributed by atoms with Gasteiger partial charge in [-0.3, -0.25) is 0 Å². The number of aromatic nitrogens is 3. The number of amides is 1. The monoisotopic (exact) mass is 539 g/mol. The SMILES string of the molecule is CC(C)(C)OC(=O)N[C@H](c1cn2ncc([C@H](N[S+]([O-])C(C)(C)C)C3CC3)cc2n1)C1CCC(F)(F)CC1. The van der Waals surface area contributed by atoms with Gasteiger partial charge in [-0.05, 0) is 90.7 Å². The summed E-state index contributed by atoms with van der Waals surface area (Å²) < 4.78 is 50.6. The molecule has 0 aromatic carbocycles. The maximum Gasteiger partial charge on any atom is 0.408 e. The molecule has 3 atom stereocenters. The molecule has 37 heavy (non-hydrogen) atoms. The molecule has 1 amide bonds. The first kappa shape index (κ1) is 28.0. The van der Waals surface area contributed by atoms with Gasteiger partial charge in [-0.1, -0.05) is 0 Å². The van der Waals surface area contributed by atoms with Crippen molar-refractivity contribution in [2.45, 2.75) is 108 Å². The Kier molecular flexibility index (Phi) is 7.80. The second kappa shape index (κ2) is 10.3. The minimum Gasteiger partial charge on any atom is -0.598 e. The maximum atomic E-state index is 13.9. The molecule has 2 aliphatic rings. The van der Waals surface area contributed by atoms with Crippen molar-refractivity contribution >= 4 is 23.1 Å². The quantitative estimate of drug-likeness (QED) is 0.443. The predicted octanol–water partition coefficient (Wildman–Crippen LogP) is 5.62. The Labute approximate surface area is 220 Å². The summed E-state index contributed by atoms with van der Waals surface area (Å²) in [6, 6.07) is 1.24. The summed E-state index contributed by atoms with van der Waals surface area (Å²) in [4.78, 5) is 17.4. The van der Waals surface area contributed by atoms with Gasteiger partial charge < -0.3 is 14.6 Å². The Morgan fingerprint density at radius 2 is 1.76 bits per heavy atom. The van der Waals surface area contributed by atoms with Crippen LogP contribution < -0.4 is 10.0 Å². The highest BCUT2D eigenvalue weighted by Crippen LogP contribution is 2.43. The Morgan fingerprint density at radius 3 is 2.32 bits per heavy atom. The molecule has 2 N–H and O–H groups in total. The standard InChI is InChI=1S/C26H39F2N5O3S/c1-24(2,3)36-23(34)31-22(17-9-11-26(27,28)12-10-17)19-15-33-20(30-19)13-18(14-29-33)21(16-7-8-16)32-37(35)25(4,5)6/h13-17,21-22,32H,7-12H2,1-6H3,(H,31,34)/t21-,22+,37?/m1/s1. The highest BCUT2D eigenvalue weighted by molar-refractivity contribution is 7.90. The Hall–Kier alpha value is -1.98. The van der Waals surface area contributed by atoms with Gasteiger partial charge in [-0.2, -0.15) is 5.10 Å². The summed E-state index contributed by atoms with van der Waals surface area (Å²) in [5.74, 6) is -2.50. The molecule has 8 nitrogen and oxygen atoms in total. The lowest BCUT2D eigenvalue weighted by Crippen LogP contribution is -2.41. The number of carbonyl (C=O) groups is 1. The molecular weight excluding hydrogens is 500 g/mol. The maximum absolute atomic E-state index is 13.9. The van der Waals surface area contributed by atoms with Crippen molar-refractivity contribution in [1.82, 2.24) is 24.6 Å². The molecule has 0 bridgehead atoms. The third-order valence-electron chi connectivity index (χ3n) is 6.83. The molecule has 1 unspecified atom stereocenters. The molecule has 2 aliphatic carbocycles. The van der Waals surface area contributed by atoms with Crippen molar-refractivity contribution in [2.75, 3.05) is 0 Å². The molecule has 2 aromatic rings. The van der Waals surface area contributed by atoms with Crippen LogP contribution in [0.4, 0.5) is 13.6 Å². The molecule has 0 saturated heterocycles. The van der Waals surface area contributed by atoms with Crippen LogP contribution in [0.2, 0.25) is 0 Å². The number of imidazole rings is 1. The van der Waals surface area contributed by atoms with E-state index < -0.39 is 39.8 Å². The fourth-order valence-electron chi connectivity index (χ4n) is 4.65. The van der Waals surface area contributed by atoms with Gasteiger partial charge in [-0.25, -0.2) is 23.1 Å². The van der Waals surface area contributed by atoms with E-state index in [-0.39, 0.29) is 37.6 Å². The zero-order chi connectivity index (χ0) is 27.2. The lowest BCUT2D eigenvalue weighted by molar-refractivity contribution is -0.0500. The van der Waals surface area contributed by atoms with E-state index in [1.165, 1.54) is 0 Å². The van der Waals surface area contributed by atoms with Crippen molar-refractivity contribution in [3.63, 3.8) is 0 Å². The largest absolute Gasteiger partial charge is 0.598 e. The number of fused-ring (bicyclic) bond motifs is 1. The molecule has 2 heterocycles. The van der Waals surface area contributed by atoms with Crippen LogP contribution in [-0.2, 0) is 16.1 Å². The minimum absolute atomic E-state index is 0.103. The van der Waals surface area contributed by atoms with E-state index in [2.05, 4.69) is 15.1 Å². The summed E-state index contributed by atoms with van der Waals surface area (Å²) in [7, 11) is 0. The highest BCUT2D eigenvalue weighted by Gasteiger charge is 2.41. The summed E-state index contributed by atoms with van der Waals surface area (Å²) >= 11 is -1.24. The molecule has 4 rings (SSSR count). The molecule has 2 fully saturated rings. The summed E-state index contributed by atoms with van der Waals surface area (Å²) in [6.07, 6.45) is 5.09. The first-order valence-electron chi connectivity index (χ1n) is 13.0. The smallest absolute Gasteiger partial charge is 0.408 e. The average molecular weight is 540 g/mol. The number of alkyl carbamates (subject to hydrolysis) is 1. The van der Waals surface area contributed by atoms with Crippen LogP contribution in [0.25, 0.3) is 5.65 Å². The summed E-state index contributed by atoms with van der Waals surface area (Å²) in [5, 5.41) is 7.44. The molecule has 0 radical (unpaired) electrons. The van der Waals surface area contributed by atoms with E-state index in [0.717, 1.165) is 18.4 Å². The Bertz CT molecular complexity index is 1100. The lowest BCUT2D eigenvalue weighted by Gasteiger charge is -2.33. The fourth-order valence-corrected chi connectivity index (χ4v) is 5.56. The predicted molar refractivity (Wildman–Crippen MR) is 138 cm³/mol. The molecule has 206 valence electrons. The summed E-state index contributed by atoms with van der Waals surface area (Å²) in [5.41, 5.74) is 1.35. The normalized spacial score (nSPS) is 21.4. The number of nitrogens with one attached hydrogen (secondary N) is 2. The number of halogens is 2. The molecule has 2 aromatic heterocycles. The van der Waals surface area contributed by atoms with Gasteiger partial charge in [0.05, 0.1) is 30.2 Å².